The summed E-state index contributed by atoms with van der Waals surface area (Å²) in [6.07, 6.45) is 3.63. The van der Waals surface area contributed by atoms with Crippen LogP contribution in [-0.4, -0.2) is 22.2 Å². The molecule has 2 heterocycles. The normalized spacial score (nSPS) is 10.4. The van der Waals surface area contributed by atoms with E-state index in [-0.39, 0.29) is 0 Å². The lowest BCUT2D eigenvalue weighted by Gasteiger charge is -2.11. The van der Waals surface area contributed by atoms with E-state index in [1.54, 1.807) is 6.20 Å². The number of hydrogen-bond donors (Lipinski definition) is 1. The minimum atomic E-state index is 0.827. The Balaban J connectivity index is 2.62. The smallest absolute Gasteiger partial charge is 0.151 e. The van der Waals surface area contributed by atoms with Crippen LogP contribution in [0.5, 0.6) is 0 Å². The summed E-state index contributed by atoms with van der Waals surface area (Å²) < 4.78 is 0. The van der Waals surface area contributed by atoms with Crippen LogP contribution in [-0.2, 0) is 0 Å². The first-order valence-electron chi connectivity index (χ1n) is 5.57. The molecule has 0 amide bonds. The molecule has 0 saturated heterocycles. The Kier molecular flexibility index (Phi) is 3.04. The third-order valence-electron chi connectivity index (χ3n) is 3.05. The Morgan fingerprint density at radius 2 is 1.82 bits per heavy atom. The second-order valence-electron chi connectivity index (χ2n) is 4.09. The minimum absolute atomic E-state index is 0.827. The summed E-state index contributed by atoms with van der Waals surface area (Å²) in [5.74, 6) is 0.827. The Hall–Kier alpha value is -1.97. The van der Waals surface area contributed by atoms with Crippen molar-refractivity contribution >= 4 is 5.82 Å². The van der Waals surface area contributed by atoms with Gasteiger partial charge >= 0.3 is 0 Å². The van der Waals surface area contributed by atoms with Gasteiger partial charge in [0.1, 0.15) is 0 Å². The van der Waals surface area contributed by atoms with Crippen molar-refractivity contribution in [2.45, 2.75) is 20.8 Å². The van der Waals surface area contributed by atoms with E-state index in [9.17, 15) is 0 Å². The molecule has 0 radical (unpaired) electrons. The minimum Gasteiger partial charge on any atom is -0.371 e. The van der Waals surface area contributed by atoms with Gasteiger partial charge in [-0.3, -0.25) is 4.98 Å². The molecule has 0 unspecified atom stereocenters. The Bertz CT molecular complexity index is 549. The molecule has 4 nitrogen and oxygen atoms in total. The summed E-state index contributed by atoms with van der Waals surface area (Å²) in [6.45, 7) is 6.16. The van der Waals surface area contributed by atoms with Crippen LogP contribution < -0.4 is 5.32 Å². The topological polar surface area (TPSA) is 50.7 Å². The first-order chi connectivity index (χ1) is 8.15. The summed E-state index contributed by atoms with van der Waals surface area (Å²) >= 11 is 0. The predicted octanol–water partition coefficient (Wildman–Crippen LogP) is 2.51. The van der Waals surface area contributed by atoms with Gasteiger partial charge in [-0.2, -0.15) is 0 Å². The number of aryl methyl sites for hydroxylation is 1. The molecular weight excluding hydrogens is 212 g/mol. The van der Waals surface area contributed by atoms with Gasteiger partial charge in [-0.05, 0) is 43.5 Å². The van der Waals surface area contributed by atoms with Crippen LogP contribution in [0.25, 0.3) is 11.3 Å². The van der Waals surface area contributed by atoms with Crippen molar-refractivity contribution in [2.75, 3.05) is 12.4 Å². The van der Waals surface area contributed by atoms with Crippen molar-refractivity contribution in [2.24, 2.45) is 0 Å². The summed E-state index contributed by atoms with van der Waals surface area (Å²) in [5, 5.41) is 11.5. The van der Waals surface area contributed by atoms with Gasteiger partial charge < -0.3 is 5.32 Å². The fourth-order valence-corrected chi connectivity index (χ4v) is 1.81. The van der Waals surface area contributed by atoms with Gasteiger partial charge in [-0.15, -0.1) is 10.2 Å². The molecular formula is C13H16N4. The van der Waals surface area contributed by atoms with E-state index < -0.39 is 0 Å². The van der Waals surface area contributed by atoms with Crippen molar-refractivity contribution < 1.29 is 0 Å². The van der Waals surface area contributed by atoms with E-state index in [1.165, 1.54) is 0 Å². The molecule has 88 valence electrons. The summed E-state index contributed by atoms with van der Waals surface area (Å²) in [4.78, 5) is 4.15. The van der Waals surface area contributed by atoms with Gasteiger partial charge in [0.25, 0.3) is 0 Å². The predicted molar refractivity (Wildman–Crippen MR) is 69.0 cm³/mol. The molecule has 4 heteroatoms. The molecule has 0 aliphatic heterocycles. The van der Waals surface area contributed by atoms with Crippen LogP contribution in [0.2, 0.25) is 0 Å². The molecule has 1 N–H and O–H groups in total. The number of nitrogens with one attached hydrogen (secondary N) is 1. The van der Waals surface area contributed by atoms with Crippen molar-refractivity contribution in [3.63, 3.8) is 0 Å². The van der Waals surface area contributed by atoms with E-state index >= 15 is 0 Å². The van der Waals surface area contributed by atoms with Crippen LogP contribution in [0, 0.1) is 20.8 Å². The molecule has 2 aromatic rings. The Morgan fingerprint density at radius 1 is 1.06 bits per heavy atom. The van der Waals surface area contributed by atoms with Gasteiger partial charge in [-0.25, -0.2) is 0 Å². The van der Waals surface area contributed by atoms with Crippen molar-refractivity contribution in [3.05, 3.63) is 35.2 Å². The molecule has 2 rings (SSSR count). The maximum absolute atomic E-state index is 4.29. The zero-order valence-corrected chi connectivity index (χ0v) is 10.6. The van der Waals surface area contributed by atoms with Gasteiger partial charge in [0, 0.05) is 25.0 Å². The highest BCUT2D eigenvalue weighted by Gasteiger charge is 2.12. The van der Waals surface area contributed by atoms with Crippen LogP contribution in [0.1, 0.15) is 16.7 Å². The molecule has 0 aliphatic carbocycles. The molecule has 0 atom stereocenters. The summed E-state index contributed by atoms with van der Waals surface area (Å²) in [6, 6.07) is 1.98. The van der Waals surface area contributed by atoms with Crippen molar-refractivity contribution in [1.29, 1.82) is 0 Å². The number of rotatable bonds is 2. The first-order valence-corrected chi connectivity index (χ1v) is 5.57. The number of aromatic nitrogens is 3. The van der Waals surface area contributed by atoms with Crippen molar-refractivity contribution in [3.8, 4) is 11.3 Å². The van der Waals surface area contributed by atoms with E-state index in [1.807, 2.05) is 26.2 Å². The quantitative estimate of drug-likeness (QED) is 0.858. The fourth-order valence-electron chi connectivity index (χ4n) is 1.81. The van der Waals surface area contributed by atoms with Gasteiger partial charge in [-0.1, -0.05) is 0 Å². The van der Waals surface area contributed by atoms with Crippen LogP contribution in [0.3, 0.4) is 0 Å². The average Bonchev–Trinajstić information content (AvgIpc) is 2.34. The zero-order valence-electron chi connectivity index (χ0n) is 10.6. The Labute approximate surface area is 101 Å². The van der Waals surface area contributed by atoms with E-state index in [4.69, 9.17) is 0 Å². The largest absolute Gasteiger partial charge is 0.371 e. The van der Waals surface area contributed by atoms with Crippen molar-refractivity contribution in [1.82, 2.24) is 15.2 Å². The van der Waals surface area contributed by atoms with Crippen LogP contribution in [0.15, 0.2) is 18.5 Å². The number of pyridine rings is 1. The molecule has 0 aromatic carbocycles. The molecule has 0 spiro atoms. The highest BCUT2D eigenvalue weighted by molar-refractivity contribution is 5.68. The Morgan fingerprint density at radius 3 is 2.47 bits per heavy atom. The summed E-state index contributed by atoms with van der Waals surface area (Å²) in [5.41, 5.74) is 5.38. The zero-order chi connectivity index (χ0) is 12.4. The highest BCUT2D eigenvalue weighted by atomic mass is 15.2. The maximum Gasteiger partial charge on any atom is 0.151 e. The summed E-state index contributed by atoms with van der Waals surface area (Å²) in [7, 11) is 1.85. The molecule has 0 aliphatic rings. The van der Waals surface area contributed by atoms with E-state index in [0.29, 0.717) is 0 Å². The number of anilines is 1. The standard InChI is InChI=1S/C13H16N4/c1-8-5-6-15-7-11(8)12-9(2)10(3)13(14-4)17-16-12/h5-7H,1-4H3,(H,14,17). The van der Waals surface area contributed by atoms with Gasteiger partial charge in [0.05, 0.1) is 5.69 Å². The molecule has 0 bridgehead atoms. The lowest BCUT2D eigenvalue weighted by atomic mass is 10.0. The first kappa shape index (κ1) is 11.5. The third kappa shape index (κ3) is 1.98. The second-order valence-corrected chi connectivity index (χ2v) is 4.09. The molecule has 0 fully saturated rings. The van der Waals surface area contributed by atoms with Gasteiger partial charge in [0.2, 0.25) is 0 Å². The molecule has 0 saturated carbocycles. The monoisotopic (exact) mass is 228 g/mol. The SMILES string of the molecule is CNc1nnc(-c2cnccc2C)c(C)c1C. The average molecular weight is 228 g/mol. The maximum atomic E-state index is 4.29. The lowest BCUT2D eigenvalue weighted by molar-refractivity contribution is 1.000. The fraction of sp³-hybridized carbons (Fsp3) is 0.308. The molecule has 17 heavy (non-hydrogen) atoms. The van der Waals surface area contributed by atoms with Crippen LogP contribution in [0.4, 0.5) is 5.82 Å². The highest BCUT2D eigenvalue weighted by Crippen LogP contribution is 2.27. The van der Waals surface area contributed by atoms with Gasteiger partial charge in [0.15, 0.2) is 5.82 Å². The number of hydrogen-bond acceptors (Lipinski definition) is 4. The second kappa shape index (κ2) is 4.49. The third-order valence-corrected chi connectivity index (χ3v) is 3.05. The number of nitrogens with zero attached hydrogens (tertiary/aromatic N) is 3. The molecule has 2 aromatic heterocycles. The lowest BCUT2D eigenvalue weighted by Crippen LogP contribution is -2.03. The van der Waals surface area contributed by atoms with E-state index in [0.717, 1.165) is 33.8 Å². The van der Waals surface area contributed by atoms with E-state index in [2.05, 4.69) is 34.3 Å². The van der Waals surface area contributed by atoms with Crippen LogP contribution >= 0.6 is 0 Å².